The number of carbonyl (C=O) groups excluding carboxylic acids is 1. The van der Waals surface area contributed by atoms with Crippen LogP contribution in [0.2, 0.25) is 5.02 Å². The molecule has 1 amide bonds. The molecule has 0 bridgehead atoms. The third-order valence-corrected chi connectivity index (χ3v) is 4.90. The number of hydrogen-bond donors (Lipinski definition) is 1. The summed E-state index contributed by atoms with van der Waals surface area (Å²) >= 11 is 5.89. The van der Waals surface area contributed by atoms with Crippen LogP contribution in [-0.2, 0) is 0 Å². The van der Waals surface area contributed by atoms with Crippen molar-refractivity contribution in [1.29, 1.82) is 0 Å². The summed E-state index contributed by atoms with van der Waals surface area (Å²) in [5.74, 6) is -0.341. The van der Waals surface area contributed by atoms with Gasteiger partial charge in [-0.15, -0.1) is 5.10 Å². The number of tetrazole rings is 1. The molecule has 0 spiro atoms. The minimum atomic E-state index is -0.502. The van der Waals surface area contributed by atoms with Crippen LogP contribution in [0.1, 0.15) is 34.8 Å². The lowest BCUT2D eigenvalue weighted by molar-refractivity contribution is 0.0939. The Morgan fingerprint density at radius 3 is 2.71 bits per heavy atom. The number of aromatic nitrogens is 6. The van der Waals surface area contributed by atoms with E-state index in [1.807, 2.05) is 0 Å². The highest BCUT2D eigenvalue weighted by molar-refractivity contribution is 6.30. The first kappa shape index (κ1) is 20.5. The van der Waals surface area contributed by atoms with Crippen molar-refractivity contribution in [3.63, 3.8) is 0 Å². The van der Waals surface area contributed by atoms with Gasteiger partial charge in [-0.2, -0.15) is 4.68 Å². The summed E-state index contributed by atoms with van der Waals surface area (Å²) < 4.78 is 16.1. The molecule has 0 saturated carbocycles. The first-order valence-corrected chi connectivity index (χ1v) is 9.73. The maximum atomic E-state index is 14.6. The third kappa shape index (κ3) is 4.41. The van der Waals surface area contributed by atoms with Crippen molar-refractivity contribution >= 4 is 17.5 Å². The molecule has 2 aromatic carbocycles. The zero-order valence-corrected chi connectivity index (χ0v) is 17.4. The highest BCUT2D eigenvalue weighted by Crippen LogP contribution is 2.29. The highest BCUT2D eigenvalue weighted by atomic mass is 35.5. The molecule has 8 nitrogen and oxygen atoms in total. The molecule has 4 aromatic rings. The van der Waals surface area contributed by atoms with Crippen molar-refractivity contribution in [3.05, 3.63) is 82.9 Å². The molecule has 0 fully saturated rings. The molecule has 0 aliphatic rings. The first-order valence-electron chi connectivity index (χ1n) is 9.35. The van der Waals surface area contributed by atoms with Crippen LogP contribution < -0.4 is 5.32 Å². The molecule has 0 radical (unpaired) electrons. The van der Waals surface area contributed by atoms with Gasteiger partial charge in [-0.3, -0.25) is 14.8 Å². The Morgan fingerprint density at radius 2 is 2.03 bits per heavy atom. The number of halogens is 2. The van der Waals surface area contributed by atoms with Gasteiger partial charge in [0.2, 0.25) is 0 Å². The maximum absolute atomic E-state index is 14.6. The Kier molecular flexibility index (Phi) is 5.68. The van der Waals surface area contributed by atoms with Crippen LogP contribution in [0.5, 0.6) is 0 Å². The fraction of sp³-hybridized carbons (Fsp3) is 0.143. The van der Waals surface area contributed by atoms with Gasteiger partial charge in [0, 0.05) is 28.5 Å². The minimum Gasteiger partial charge on any atom is -0.344 e. The van der Waals surface area contributed by atoms with Gasteiger partial charge in [-0.1, -0.05) is 11.6 Å². The molecular weight excluding hydrogens is 421 g/mol. The highest BCUT2D eigenvalue weighted by Gasteiger charge is 2.17. The van der Waals surface area contributed by atoms with Crippen LogP contribution in [0, 0.1) is 12.7 Å². The maximum Gasteiger partial charge on any atom is 0.251 e. The van der Waals surface area contributed by atoms with Crippen molar-refractivity contribution < 1.29 is 9.18 Å². The number of nitrogens with zero attached hydrogens (tertiary/aromatic N) is 6. The predicted octanol–water partition coefficient (Wildman–Crippen LogP) is 3.71. The number of rotatable bonds is 5. The quantitative estimate of drug-likeness (QED) is 0.511. The van der Waals surface area contributed by atoms with Gasteiger partial charge in [0.15, 0.2) is 5.82 Å². The second kappa shape index (κ2) is 8.57. The van der Waals surface area contributed by atoms with Gasteiger partial charge in [-0.25, -0.2) is 4.39 Å². The van der Waals surface area contributed by atoms with Crippen LogP contribution in [0.4, 0.5) is 4.39 Å². The van der Waals surface area contributed by atoms with E-state index in [2.05, 4.69) is 30.8 Å². The second-order valence-electron chi connectivity index (χ2n) is 6.86. The number of aryl methyl sites for hydroxylation is 1. The lowest BCUT2D eigenvalue weighted by Crippen LogP contribution is -2.27. The molecule has 156 valence electrons. The van der Waals surface area contributed by atoms with E-state index in [1.165, 1.54) is 10.7 Å². The largest absolute Gasteiger partial charge is 0.344 e. The van der Waals surface area contributed by atoms with E-state index in [1.54, 1.807) is 62.8 Å². The topological polar surface area (TPSA) is 98.5 Å². The molecule has 0 aliphatic carbocycles. The van der Waals surface area contributed by atoms with Gasteiger partial charge in [0.1, 0.15) is 5.82 Å². The zero-order valence-electron chi connectivity index (χ0n) is 16.6. The monoisotopic (exact) mass is 437 g/mol. The van der Waals surface area contributed by atoms with Gasteiger partial charge in [-0.05, 0) is 66.2 Å². The molecule has 10 heteroatoms. The molecule has 0 saturated heterocycles. The van der Waals surface area contributed by atoms with Crippen LogP contribution in [0.15, 0.2) is 55.0 Å². The van der Waals surface area contributed by atoms with Crippen LogP contribution in [0.25, 0.3) is 16.8 Å². The Morgan fingerprint density at radius 1 is 1.19 bits per heavy atom. The normalized spacial score (nSPS) is 11.9. The summed E-state index contributed by atoms with van der Waals surface area (Å²) in [6.07, 6.45) is 4.70. The third-order valence-electron chi connectivity index (χ3n) is 4.67. The standard InChI is InChI=1S/C21H17ClFN7O/c1-12(20-11-24-5-6-25-20)26-21(31)15-7-14(18-4-3-16(22)10-19(18)23)8-17(9-15)30-13(2)27-28-29-30/h3-12H,1-2H3,(H,26,31). The van der Waals surface area contributed by atoms with Crippen molar-refractivity contribution in [3.8, 4) is 16.8 Å². The fourth-order valence-electron chi connectivity index (χ4n) is 3.10. The minimum absolute atomic E-state index is 0.282. The summed E-state index contributed by atoms with van der Waals surface area (Å²) in [5, 5.41) is 14.7. The average molecular weight is 438 g/mol. The molecule has 31 heavy (non-hydrogen) atoms. The molecule has 1 N–H and O–H groups in total. The molecule has 4 rings (SSSR count). The van der Waals surface area contributed by atoms with Gasteiger partial charge < -0.3 is 5.32 Å². The molecular formula is C21H17ClFN7O. The Hall–Kier alpha value is -3.72. The SMILES string of the molecule is Cc1nnnn1-c1cc(C(=O)NC(C)c2cnccn2)cc(-c2ccc(Cl)cc2F)c1. The van der Waals surface area contributed by atoms with Crippen molar-refractivity contribution in [1.82, 2.24) is 35.5 Å². The zero-order chi connectivity index (χ0) is 22.0. The number of amides is 1. The smallest absolute Gasteiger partial charge is 0.251 e. The Balaban J connectivity index is 1.76. The number of hydrogen-bond acceptors (Lipinski definition) is 6. The Labute approximate surface area is 182 Å². The van der Waals surface area contributed by atoms with E-state index >= 15 is 0 Å². The summed E-state index contributed by atoms with van der Waals surface area (Å²) in [6, 6.07) is 8.95. The second-order valence-corrected chi connectivity index (χ2v) is 7.29. The van der Waals surface area contributed by atoms with Gasteiger partial charge in [0.05, 0.1) is 23.6 Å². The van der Waals surface area contributed by atoms with Crippen LogP contribution in [0.3, 0.4) is 0 Å². The van der Waals surface area contributed by atoms with Crippen molar-refractivity contribution in [2.45, 2.75) is 19.9 Å². The van der Waals surface area contributed by atoms with E-state index < -0.39 is 5.82 Å². The summed E-state index contributed by atoms with van der Waals surface area (Å²) in [6.45, 7) is 3.53. The summed E-state index contributed by atoms with van der Waals surface area (Å²) in [7, 11) is 0. The van der Waals surface area contributed by atoms with Gasteiger partial charge in [0.25, 0.3) is 5.91 Å². The predicted molar refractivity (Wildman–Crippen MR) is 112 cm³/mol. The van der Waals surface area contributed by atoms with Crippen LogP contribution in [-0.4, -0.2) is 36.1 Å². The van der Waals surface area contributed by atoms with Crippen molar-refractivity contribution in [2.75, 3.05) is 0 Å². The molecule has 2 aromatic heterocycles. The van der Waals surface area contributed by atoms with Gasteiger partial charge >= 0.3 is 0 Å². The lowest BCUT2D eigenvalue weighted by atomic mass is 10.0. The van der Waals surface area contributed by atoms with E-state index in [0.717, 1.165) is 0 Å². The van der Waals surface area contributed by atoms with E-state index in [9.17, 15) is 9.18 Å². The average Bonchev–Trinajstić information content (AvgIpc) is 3.20. The van der Waals surface area contributed by atoms with E-state index in [0.29, 0.717) is 33.9 Å². The first-order chi connectivity index (χ1) is 14.9. The molecule has 1 atom stereocenters. The lowest BCUT2D eigenvalue weighted by Gasteiger charge is -2.15. The molecule has 0 aliphatic heterocycles. The summed E-state index contributed by atoms with van der Waals surface area (Å²) in [5.41, 5.74) is 2.23. The van der Waals surface area contributed by atoms with E-state index in [-0.39, 0.29) is 17.0 Å². The number of nitrogens with one attached hydrogen (secondary N) is 1. The van der Waals surface area contributed by atoms with Crippen LogP contribution >= 0.6 is 11.6 Å². The van der Waals surface area contributed by atoms with E-state index in [4.69, 9.17) is 11.6 Å². The number of benzene rings is 2. The molecule has 2 heterocycles. The Bertz CT molecular complexity index is 1250. The summed E-state index contributed by atoms with van der Waals surface area (Å²) in [4.78, 5) is 21.3. The number of carbonyl (C=O) groups is 1. The fourth-order valence-corrected chi connectivity index (χ4v) is 3.26. The molecule has 1 unspecified atom stereocenters. The van der Waals surface area contributed by atoms with Crippen molar-refractivity contribution in [2.24, 2.45) is 0 Å².